The van der Waals surface area contributed by atoms with Crippen LogP contribution in [-0.4, -0.2) is 46.7 Å². The number of carbonyl (C=O) groups is 1. The van der Waals surface area contributed by atoms with Gasteiger partial charge in [0.1, 0.15) is 5.01 Å². The van der Waals surface area contributed by atoms with Crippen molar-refractivity contribution in [1.29, 1.82) is 0 Å². The lowest BCUT2D eigenvalue weighted by Gasteiger charge is -2.39. The number of nitrogens with one attached hydrogen (secondary N) is 1. The standard InChI is InChI=1S/C18H22N4O2S/c1-24-17-21-20-15(25-17)12-22-9-7-18(8-10-22)11-14(16(23)19-18)13-5-3-2-4-6-13/h2-6,14H,7-12H2,1H3,(H,19,23)/t14-/m1/s1. The summed E-state index contributed by atoms with van der Waals surface area (Å²) in [6.07, 6.45) is 2.87. The minimum atomic E-state index is -0.0487. The van der Waals surface area contributed by atoms with Gasteiger partial charge in [-0.1, -0.05) is 41.7 Å². The van der Waals surface area contributed by atoms with E-state index in [0.29, 0.717) is 5.19 Å². The first kappa shape index (κ1) is 16.5. The van der Waals surface area contributed by atoms with Crippen LogP contribution in [0.5, 0.6) is 5.19 Å². The first-order valence-corrected chi connectivity index (χ1v) is 9.45. The molecule has 7 heteroatoms. The van der Waals surface area contributed by atoms with E-state index < -0.39 is 0 Å². The summed E-state index contributed by atoms with van der Waals surface area (Å²) in [5.41, 5.74) is 1.08. The highest BCUT2D eigenvalue weighted by atomic mass is 32.1. The summed E-state index contributed by atoms with van der Waals surface area (Å²) < 4.78 is 5.10. The van der Waals surface area contributed by atoms with Gasteiger partial charge in [-0.3, -0.25) is 9.69 Å². The van der Waals surface area contributed by atoms with Crippen molar-refractivity contribution in [2.75, 3.05) is 20.2 Å². The number of methoxy groups -OCH3 is 1. The Kier molecular flexibility index (Phi) is 4.43. The van der Waals surface area contributed by atoms with E-state index in [2.05, 4.69) is 32.5 Å². The van der Waals surface area contributed by atoms with Gasteiger partial charge in [-0.15, -0.1) is 10.2 Å². The summed E-state index contributed by atoms with van der Waals surface area (Å²) in [5, 5.41) is 13.0. The van der Waals surface area contributed by atoms with E-state index in [0.717, 1.165) is 49.5 Å². The molecule has 2 saturated heterocycles. The third-order valence-electron chi connectivity index (χ3n) is 5.30. The average Bonchev–Trinajstić information content (AvgIpc) is 3.22. The fraction of sp³-hybridized carbons (Fsp3) is 0.500. The quantitative estimate of drug-likeness (QED) is 0.907. The third-order valence-corrected chi connectivity index (χ3v) is 6.17. The van der Waals surface area contributed by atoms with Gasteiger partial charge in [0.15, 0.2) is 0 Å². The molecular formula is C18H22N4O2S. The molecule has 2 fully saturated rings. The van der Waals surface area contributed by atoms with Crippen LogP contribution < -0.4 is 10.1 Å². The molecule has 6 nitrogen and oxygen atoms in total. The van der Waals surface area contributed by atoms with Gasteiger partial charge in [-0.05, 0) is 24.8 Å². The zero-order valence-corrected chi connectivity index (χ0v) is 15.1. The summed E-state index contributed by atoms with van der Waals surface area (Å²) in [6, 6.07) is 10.1. The highest BCUT2D eigenvalue weighted by Crippen LogP contribution is 2.39. The number of benzene rings is 1. The van der Waals surface area contributed by atoms with Gasteiger partial charge in [0.05, 0.1) is 19.6 Å². The number of hydrogen-bond donors (Lipinski definition) is 1. The molecule has 1 aromatic carbocycles. The first-order valence-electron chi connectivity index (χ1n) is 8.63. The molecule has 1 N–H and O–H groups in total. The summed E-state index contributed by atoms with van der Waals surface area (Å²) in [6.45, 7) is 2.72. The van der Waals surface area contributed by atoms with Crippen molar-refractivity contribution in [2.24, 2.45) is 0 Å². The fourth-order valence-corrected chi connectivity index (χ4v) is 4.58. The van der Waals surface area contributed by atoms with Crippen molar-refractivity contribution in [1.82, 2.24) is 20.4 Å². The van der Waals surface area contributed by atoms with Crippen LogP contribution >= 0.6 is 11.3 Å². The number of carbonyl (C=O) groups excluding carboxylic acids is 1. The van der Waals surface area contributed by atoms with Crippen LogP contribution in [0, 0.1) is 0 Å². The largest absolute Gasteiger partial charge is 0.472 e. The Balaban J connectivity index is 1.37. The Morgan fingerprint density at radius 1 is 1.28 bits per heavy atom. The summed E-state index contributed by atoms with van der Waals surface area (Å²) in [4.78, 5) is 14.9. The van der Waals surface area contributed by atoms with Gasteiger partial charge in [0.25, 0.3) is 5.19 Å². The normalized spacial score (nSPS) is 22.9. The topological polar surface area (TPSA) is 67.4 Å². The number of hydrogen-bond acceptors (Lipinski definition) is 6. The average molecular weight is 358 g/mol. The van der Waals surface area contributed by atoms with Gasteiger partial charge >= 0.3 is 0 Å². The van der Waals surface area contributed by atoms with Crippen molar-refractivity contribution in [2.45, 2.75) is 37.3 Å². The smallest absolute Gasteiger partial charge is 0.293 e. The molecule has 0 saturated carbocycles. The second kappa shape index (κ2) is 6.72. The minimum absolute atomic E-state index is 0.0137. The van der Waals surface area contributed by atoms with Crippen LogP contribution in [0.3, 0.4) is 0 Å². The van der Waals surface area contributed by atoms with E-state index in [1.807, 2.05) is 18.2 Å². The maximum absolute atomic E-state index is 12.5. The molecule has 1 amide bonds. The molecular weight excluding hydrogens is 336 g/mol. The van der Waals surface area contributed by atoms with Crippen LogP contribution in [0.2, 0.25) is 0 Å². The maximum Gasteiger partial charge on any atom is 0.293 e. The van der Waals surface area contributed by atoms with E-state index in [1.165, 1.54) is 11.3 Å². The van der Waals surface area contributed by atoms with E-state index in [1.54, 1.807) is 7.11 Å². The SMILES string of the molecule is COc1nnc(CN2CCC3(CC2)C[C@H](c2ccccc2)C(=O)N3)s1. The summed E-state index contributed by atoms with van der Waals surface area (Å²) >= 11 is 1.49. The van der Waals surface area contributed by atoms with Crippen molar-refractivity contribution in [3.8, 4) is 5.19 Å². The number of ether oxygens (including phenoxy) is 1. The Bertz CT molecular complexity index is 741. The zero-order chi connectivity index (χ0) is 17.3. The molecule has 132 valence electrons. The second-order valence-corrected chi connectivity index (χ2v) is 7.90. The van der Waals surface area contributed by atoms with Crippen LogP contribution in [0.4, 0.5) is 0 Å². The zero-order valence-electron chi connectivity index (χ0n) is 14.3. The van der Waals surface area contributed by atoms with E-state index in [4.69, 9.17) is 4.74 Å². The Morgan fingerprint density at radius 2 is 2.04 bits per heavy atom. The summed E-state index contributed by atoms with van der Waals surface area (Å²) in [7, 11) is 1.61. The van der Waals surface area contributed by atoms with E-state index >= 15 is 0 Å². The molecule has 1 aromatic heterocycles. The highest BCUT2D eigenvalue weighted by Gasteiger charge is 2.46. The number of likely N-dealkylation sites (tertiary alicyclic amines) is 1. The third kappa shape index (κ3) is 3.39. The van der Waals surface area contributed by atoms with Crippen molar-refractivity contribution in [3.05, 3.63) is 40.9 Å². The number of aromatic nitrogens is 2. The van der Waals surface area contributed by atoms with Gasteiger partial charge in [-0.2, -0.15) is 0 Å². The molecule has 4 rings (SSSR count). The van der Waals surface area contributed by atoms with E-state index in [9.17, 15) is 4.79 Å². The molecule has 25 heavy (non-hydrogen) atoms. The van der Waals surface area contributed by atoms with Crippen LogP contribution in [0.1, 0.15) is 35.8 Å². The summed E-state index contributed by atoms with van der Waals surface area (Å²) in [5.74, 6) is 0.161. The van der Waals surface area contributed by atoms with E-state index in [-0.39, 0.29) is 17.4 Å². The fourth-order valence-electron chi connectivity index (χ4n) is 3.88. The number of nitrogens with zero attached hydrogens (tertiary/aromatic N) is 3. The molecule has 0 bridgehead atoms. The molecule has 0 unspecified atom stereocenters. The predicted molar refractivity (Wildman–Crippen MR) is 95.6 cm³/mol. The molecule has 3 heterocycles. The van der Waals surface area contributed by atoms with Gasteiger partial charge in [0.2, 0.25) is 5.91 Å². The van der Waals surface area contributed by atoms with Crippen molar-refractivity contribution < 1.29 is 9.53 Å². The Hall–Kier alpha value is -1.99. The molecule has 1 spiro atoms. The lowest BCUT2D eigenvalue weighted by Crippen LogP contribution is -2.50. The van der Waals surface area contributed by atoms with Crippen molar-refractivity contribution in [3.63, 3.8) is 0 Å². The molecule has 1 atom stereocenters. The minimum Gasteiger partial charge on any atom is -0.472 e. The monoisotopic (exact) mass is 358 g/mol. The van der Waals surface area contributed by atoms with Crippen LogP contribution in [-0.2, 0) is 11.3 Å². The molecule has 0 aliphatic carbocycles. The Morgan fingerprint density at radius 3 is 2.72 bits per heavy atom. The molecule has 2 aromatic rings. The van der Waals surface area contributed by atoms with Crippen LogP contribution in [0.15, 0.2) is 30.3 Å². The Labute approximate surface area is 151 Å². The second-order valence-electron chi connectivity index (χ2n) is 6.88. The molecule has 2 aliphatic heterocycles. The number of amides is 1. The van der Waals surface area contributed by atoms with Gasteiger partial charge in [-0.25, -0.2) is 0 Å². The van der Waals surface area contributed by atoms with Gasteiger partial charge in [0, 0.05) is 18.6 Å². The lowest BCUT2D eigenvalue weighted by molar-refractivity contribution is -0.121. The number of rotatable bonds is 4. The molecule has 0 radical (unpaired) electrons. The lowest BCUT2D eigenvalue weighted by atomic mass is 9.82. The van der Waals surface area contributed by atoms with Crippen LogP contribution in [0.25, 0.3) is 0 Å². The maximum atomic E-state index is 12.5. The molecule has 2 aliphatic rings. The number of piperidine rings is 1. The first-order chi connectivity index (χ1) is 12.2. The van der Waals surface area contributed by atoms with Gasteiger partial charge < -0.3 is 10.1 Å². The highest BCUT2D eigenvalue weighted by molar-refractivity contribution is 7.13. The predicted octanol–water partition coefficient (Wildman–Crippen LogP) is 2.19. The van der Waals surface area contributed by atoms with Crippen molar-refractivity contribution >= 4 is 17.2 Å².